The van der Waals surface area contributed by atoms with Gasteiger partial charge < -0.3 is 14.2 Å². The molecule has 1 aliphatic heterocycles. The zero-order chi connectivity index (χ0) is 17.3. The predicted octanol–water partition coefficient (Wildman–Crippen LogP) is 2.12. The Labute approximate surface area is 142 Å². The van der Waals surface area contributed by atoms with Gasteiger partial charge in [0.15, 0.2) is 0 Å². The van der Waals surface area contributed by atoms with E-state index < -0.39 is 0 Å². The number of hydrogen-bond acceptors (Lipinski definition) is 3. The van der Waals surface area contributed by atoms with Crippen molar-refractivity contribution in [3.63, 3.8) is 0 Å². The number of unbranched alkanes of at least 4 members (excludes halogenated alkanes) is 1. The summed E-state index contributed by atoms with van der Waals surface area (Å²) in [5.74, 6) is -0.0664. The van der Waals surface area contributed by atoms with E-state index in [9.17, 15) is 9.59 Å². The van der Waals surface area contributed by atoms with Gasteiger partial charge in [0.2, 0.25) is 5.91 Å². The Kier molecular flexibility index (Phi) is 4.55. The highest BCUT2D eigenvalue weighted by molar-refractivity contribution is 6.02. The van der Waals surface area contributed by atoms with Crippen molar-refractivity contribution in [2.45, 2.75) is 39.2 Å². The van der Waals surface area contributed by atoms with Gasteiger partial charge in [0.25, 0.3) is 5.91 Å². The molecule has 3 rings (SSSR count). The minimum atomic E-state index is -0.368. The molecule has 2 aromatic rings. The summed E-state index contributed by atoms with van der Waals surface area (Å²) in [6, 6.07) is 3.27. The summed E-state index contributed by atoms with van der Waals surface area (Å²) in [5, 5.41) is 0. The van der Waals surface area contributed by atoms with Crippen molar-refractivity contribution in [1.29, 1.82) is 0 Å². The molecule has 6 heteroatoms. The molecule has 2 aromatic heterocycles. The van der Waals surface area contributed by atoms with Crippen molar-refractivity contribution < 1.29 is 9.59 Å². The van der Waals surface area contributed by atoms with Gasteiger partial charge in [-0.1, -0.05) is 19.8 Å². The lowest BCUT2D eigenvalue weighted by molar-refractivity contribution is -0.138. The molecule has 0 spiro atoms. The molecular formula is C18H24N4O2. The highest BCUT2D eigenvalue weighted by Crippen LogP contribution is 2.21. The van der Waals surface area contributed by atoms with Crippen LogP contribution >= 0.6 is 0 Å². The molecular weight excluding hydrogens is 304 g/mol. The van der Waals surface area contributed by atoms with E-state index in [1.807, 2.05) is 36.8 Å². The minimum absolute atomic E-state index is 0.0366. The van der Waals surface area contributed by atoms with Crippen LogP contribution < -0.4 is 0 Å². The Bertz CT molecular complexity index is 767. The molecule has 3 heterocycles. The lowest BCUT2D eigenvalue weighted by Gasteiger charge is -2.39. The molecule has 1 aliphatic rings. The second-order valence-corrected chi connectivity index (χ2v) is 6.45. The summed E-state index contributed by atoms with van der Waals surface area (Å²) >= 11 is 0. The first-order valence-electron chi connectivity index (χ1n) is 8.53. The molecule has 1 saturated heterocycles. The Morgan fingerprint density at radius 2 is 2.17 bits per heavy atom. The summed E-state index contributed by atoms with van der Waals surface area (Å²) < 4.78 is 1.86. The fourth-order valence-corrected chi connectivity index (χ4v) is 3.29. The molecule has 1 atom stereocenters. The number of carbonyl (C=O) groups is 2. The standard InChI is InChI=1S/C18H24N4O2/c1-4-5-8-15-18(24)20(3)10-11-22(15)17(23)14-7-6-9-21-12-13(2)19-16(14)21/h6-7,9,12,15H,4-5,8,10-11H2,1-3H3/t15-/m1/s1. The van der Waals surface area contributed by atoms with Crippen LogP contribution in [0.2, 0.25) is 0 Å². The first-order valence-corrected chi connectivity index (χ1v) is 8.53. The molecule has 0 unspecified atom stereocenters. The molecule has 24 heavy (non-hydrogen) atoms. The van der Waals surface area contributed by atoms with Gasteiger partial charge in [0.1, 0.15) is 11.7 Å². The van der Waals surface area contributed by atoms with E-state index in [1.165, 1.54) is 0 Å². The lowest BCUT2D eigenvalue weighted by atomic mass is 10.0. The fourth-order valence-electron chi connectivity index (χ4n) is 3.29. The van der Waals surface area contributed by atoms with Crippen LogP contribution in [0.4, 0.5) is 0 Å². The summed E-state index contributed by atoms with van der Waals surface area (Å²) in [6.07, 6.45) is 6.43. The SMILES string of the molecule is CCCC[C@@H]1C(=O)N(C)CCN1C(=O)c1cccn2cc(C)nc12. The van der Waals surface area contributed by atoms with Crippen LogP contribution in [-0.2, 0) is 4.79 Å². The van der Waals surface area contributed by atoms with Gasteiger partial charge in [-0.05, 0) is 25.5 Å². The second-order valence-electron chi connectivity index (χ2n) is 6.45. The van der Waals surface area contributed by atoms with Crippen LogP contribution in [0.3, 0.4) is 0 Å². The van der Waals surface area contributed by atoms with Crippen LogP contribution in [-0.4, -0.2) is 57.2 Å². The van der Waals surface area contributed by atoms with E-state index in [2.05, 4.69) is 11.9 Å². The van der Waals surface area contributed by atoms with Gasteiger partial charge in [-0.3, -0.25) is 9.59 Å². The van der Waals surface area contributed by atoms with E-state index in [0.717, 1.165) is 18.5 Å². The molecule has 1 fully saturated rings. The monoisotopic (exact) mass is 328 g/mol. The van der Waals surface area contributed by atoms with Gasteiger partial charge in [-0.2, -0.15) is 0 Å². The maximum absolute atomic E-state index is 13.2. The third-order valence-corrected chi connectivity index (χ3v) is 4.64. The first kappa shape index (κ1) is 16.5. The van der Waals surface area contributed by atoms with Gasteiger partial charge in [0.05, 0.1) is 11.3 Å². The highest BCUT2D eigenvalue weighted by Gasteiger charge is 2.36. The molecule has 0 N–H and O–H groups in total. The number of rotatable bonds is 4. The van der Waals surface area contributed by atoms with Crippen LogP contribution in [0.5, 0.6) is 0 Å². The number of imidazole rings is 1. The Morgan fingerprint density at radius 1 is 1.38 bits per heavy atom. The van der Waals surface area contributed by atoms with Crippen LogP contribution in [0.25, 0.3) is 5.65 Å². The first-order chi connectivity index (χ1) is 11.5. The van der Waals surface area contributed by atoms with E-state index >= 15 is 0 Å². The van der Waals surface area contributed by atoms with Gasteiger partial charge in [-0.15, -0.1) is 0 Å². The average Bonchev–Trinajstić information content (AvgIpc) is 2.95. The summed E-state index contributed by atoms with van der Waals surface area (Å²) in [6.45, 7) is 5.14. The number of aromatic nitrogens is 2. The van der Waals surface area contributed by atoms with Crippen molar-refractivity contribution in [1.82, 2.24) is 19.2 Å². The number of hydrogen-bond donors (Lipinski definition) is 0. The van der Waals surface area contributed by atoms with E-state index in [-0.39, 0.29) is 17.9 Å². The van der Waals surface area contributed by atoms with Crippen molar-refractivity contribution in [2.75, 3.05) is 20.1 Å². The third-order valence-electron chi connectivity index (χ3n) is 4.64. The number of fused-ring (bicyclic) bond motifs is 1. The quantitative estimate of drug-likeness (QED) is 0.864. The van der Waals surface area contributed by atoms with E-state index in [0.29, 0.717) is 30.7 Å². The number of carbonyl (C=O) groups excluding carboxylic acids is 2. The average molecular weight is 328 g/mol. The van der Waals surface area contributed by atoms with Crippen molar-refractivity contribution >= 4 is 17.5 Å². The fraction of sp³-hybridized carbons (Fsp3) is 0.500. The van der Waals surface area contributed by atoms with Crippen LogP contribution in [0.15, 0.2) is 24.5 Å². The zero-order valence-electron chi connectivity index (χ0n) is 14.5. The number of likely N-dealkylation sites (N-methyl/N-ethyl adjacent to an activating group) is 1. The Morgan fingerprint density at radius 3 is 2.92 bits per heavy atom. The van der Waals surface area contributed by atoms with Gasteiger partial charge >= 0.3 is 0 Å². The smallest absolute Gasteiger partial charge is 0.258 e. The number of pyridine rings is 1. The van der Waals surface area contributed by atoms with Gasteiger partial charge in [-0.25, -0.2) is 4.98 Å². The zero-order valence-corrected chi connectivity index (χ0v) is 14.5. The second kappa shape index (κ2) is 6.63. The molecule has 2 amide bonds. The van der Waals surface area contributed by atoms with E-state index in [4.69, 9.17) is 0 Å². The van der Waals surface area contributed by atoms with Crippen molar-refractivity contribution in [2.24, 2.45) is 0 Å². The molecule has 6 nitrogen and oxygen atoms in total. The summed E-state index contributed by atoms with van der Waals surface area (Å²) in [7, 11) is 1.81. The highest BCUT2D eigenvalue weighted by atomic mass is 16.2. The number of aryl methyl sites for hydroxylation is 1. The minimum Gasteiger partial charge on any atom is -0.342 e. The van der Waals surface area contributed by atoms with E-state index in [1.54, 1.807) is 15.9 Å². The Hall–Kier alpha value is -2.37. The third kappa shape index (κ3) is 2.88. The van der Waals surface area contributed by atoms with Gasteiger partial charge in [0, 0.05) is 32.5 Å². The molecule has 0 radical (unpaired) electrons. The number of piperazine rings is 1. The topological polar surface area (TPSA) is 57.9 Å². The molecule has 0 aromatic carbocycles. The largest absolute Gasteiger partial charge is 0.342 e. The Balaban J connectivity index is 1.95. The number of nitrogens with zero attached hydrogens (tertiary/aromatic N) is 4. The number of amides is 2. The summed E-state index contributed by atoms with van der Waals surface area (Å²) in [5.41, 5.74) is 2.08. The molecule has 0 aliphatic carbocycles. The van der Waals surface area contributed by atoms with Crippen molar-refractivity contribution in [3.05, 3.63) is 35.8 Å². The van der Waals surface area contributed by atoms with Crippen LogP contribution in [0, 0.1) is 6.92 Å². The normalized spacial score (nSPS) is 18.5. The lowest BCUT2D eigenvalue weighted by Crippen LogP contribution is -2.57. The van der Waals surface area contributed by atoms with Crippen molar-refractivity contribution in [3.8, 4) is 0 Å². The summed E-state index contributed by atoms with van der Waals surface area (Å²) in [4.78, 5) is 33.6. The maximum atomic E-state index is 13.2. The molecule has 0 bridgehead atoms. The molecule has 0 saturated carbocycles. The maximum Gasteiger partial charge on any atom is 0.258 e. The van der Waals surface area contributed by atoms with Crippen LogP contribution in [0.1, 0.15) is 42.2 Å². The molecule has 128 valence electrons. The predicted molar refractivity (Wildman–Crippen MR) is 91.9 cm³/mol.